The highest BCUT2D eigenvalue weighted by Gasteiger charge is 2.09. The van der Waals surface area contributed by atoms with Crippen LogP contribution >= 0.6 is 23.4 Å². The van der Waals surface area contributed by atoms with E-state index >= 15 is 0 Å². The maximum atomic E-state index is 11.9. The Kier molecular flexibility index (Phi) is 6.15. The van der Waals surface area contributed by atoms with E-state index in [2.05, 4.69) is 5.32 Å². The van der Waals surface area contributed by atoms with Crippen molar-refractivity contribution in [2.45, 2.75) is 24.3 Å². The first-order valence-electron chi connectivity index (χ1n) is 6.88. The maximum Gasteiger partial charge on any atom is 0.221 e. The number of hydrogen-bond acceptors (Lipinski definition) is 2. The van der Waals surface area contributed by atoms with Gasteiger partial charge in [-0.05, 0) is 24.6 Å². The largest absolute Gasteiger partial charge is 0.350 e. The molecule has 2 aromatic rings. The van der Waals surface area contributed by atoms with Gasteiger partial charge in [0.2, 0.25) is 5.91 Å². The zero-order valence-corrected chi connectivity index (χ0v) is 13.5. The van der Waals surface area contributed by atoms with Crippen molar-refractivity contribution in [1.29, 1.82) is 0 Å². The Hall–Kier alpha value is -1.45. The molecule has 21 heavy (non-hydrogen) atoms. The molecule has 0 spiro atoms. The maximum absolute atomic E-state index is 11.9. The van der Waals surface area contributed by atoms with E-state index in [9.17, 15) is 4.79 Å². The first-order chi connectivity index (χ1) is 10.2. The van der Waals surface area contributed by atoms with Crippen molar-refractivity contribution < 1.29 is 4.79 Å². The van der Waals surface area contributed by atoms with Gasteiger partial charge in [-0.25, -0.2) is 0 Å². The van der Waals surface area contributed by atoms with Gasteiger partial charge in [0.1, 0.15) is 0 Å². The molecule has 0 aliphatic carbocycles. The number of thioether (sulfide) groups is 1. The molecule has 0 bridgehead atoms. The second-order valence-electron chi connectivity index (χ2n) is 4.73. The summed E-state index contributed by atoms with van der Waals surface area (Å²) in [5.74, 6) is 0.780. The van der Waals surface area contributed by atoms with Gasteiger partial charge in [0, 0.05) is 17.1 Å². The summed E-state index contributed by atoms with van der Waals surface area (Å²) in [4.78, 5) is 13.0. The van der Waals surface area contributed by atoms with Crippen molar-refractivity contribution in [2.75, 3.05) is 5.75 Å². The van der Waals surface area contributed by atoms with Crippen molar-refractivity contribution in [3.05, 3.63) is 65.2 Å². The monoisotopic (exact) mass is 319 g/mol. The van der Waals surface area contributed by atoms with Gasteiger partial charge in [-0.3, -0.25) is 4.79 Å². The lowest BCUT2D eigenvalue weighted by molar-refractivity contribution is -0.121. The first-order valence-corrected chi connectivity index (χ1v) is 8.25. The third-order valence-corrected chi connectivity index (χ3v) is 4.62. The standard InChI is InChI=1S/C17H18ClNOS/c1-13(14-7-3-2-4-8-14)19-17(20)11-12-21-16-10-6-5-9-15(16)18/h2-10,13H,11-12H2,1H3,(H,19,20)/t13-/m0/s1. The number of carbonyl (C=O) groups is 1. The Morgan fingerprint density at radius 2 is 1.81 bits per heavy atom. The second-order valence-corrected chi connectivity index (χ2v) is 6.27. The minimum absolute atomic E-state index is 0.0315. The van der Waals surface area contributed by atoms with Crippen LogP contribution in [0, 0.1) is 0 Å². The molecule has 1 N–H and O–H groups in total. The number of rotatable bonds is 6. The number of nitrogens with one attached hydrogen (secondary N) is 1. The van der Waals surface area contributed by atoms with E-state index in [0.29, 0.717) is 6.42 Å². The average molecular weight is 320 g/mol. The van der Waals surface area contributed by atoms with Gasteiger partial charge < -0.3 is 5.32 Å². The Balaban J connectivity index is 1.76. The lowest BCUT2D eigenvalue weighted by Gasteiger charge is -2.14. The molecule has 0 saturated heterocycles. The molecule has 0 unspecified atom stereocenters. The Labute approximate surface area is 134 Å². The quantitative estimate of drug-likeness (QED) is 0.782. The minimum atomic E-state index is 0.0315. The summed E-state index contributed by atoms with van der Waals surface area (Å²) in [6.45, 7) is 1.99. The van der Waals surface area contributed by atoms with Gasteiger partial charge in [-0.1, -0.05) is 54.1 Å². The molecule has 2 rings (SSSR count). The molecule has 0 fully saturated rings. The summed E-state index contributed by atoms with van der Waals surface area (Å²) in [7, 11) is 0. The fraction of sp³-hybridized carbons (Fsp3) is 0.235. The summed E-state index contributed by atoms with van der Waals surface area (Å²) in [6.07, 6.45) is 0.479. The highest BCUT2D eigenvalue weighted by atomic mass is 35.5. The Morgan fingerprint density at radius 3 is 2.52 bits per heavy atom. The van der Waals surface area contributed by atoms with Crippen LogP contribution in [-0.4, -0.2) is 11.7 Å². The van der Waals surface area contributed by atoms with E-state index in [-0.39, 0.29) is 11.9 Å². The van der Waals surface area contributed by atoms with Crippen LogP contribution in [0.25, 0.3) is 0 Å². The van der Waals surface area contributed by atoms with E-state index in [1.54, 1.807) is 11.8 Å². The number of halogens is 1. The zero-order chi connectivity index (χ0) is 15.1. The smallest absolute Gasteiger partial charge is 0.221 e. The fourth-order valence-corrected chi connectivity index (χ4v) is 3.14. The van der Waals surface area contributed by atoms with Crippen molar-refractivity contribution in [3.63, 3.8) is 0 Å². The molecular formula is C17H18ClNOS. The van der Waals surface area contributed by atoms with Gasteiger partial charge >= 0.3 is 0 Å². The molecule has 0 aliphatic rings. The molecule has 4 heteroatoms. The third-order valence-electron chi connectivity index (χ3n) is 3.10. The SMILES string of the molecule is C[C@H](NC(=O)CCSc1ccccc1Cl)c1ccccc1. The topological polar surface area (TPSA) is 29.1 Å². The average Bonchev–Trinajstić information content (AvgIpc) is 2.50. The van der Waals surface area contributed by atoms with Crippen LogP contribution in [0.4, 0.5) is 0 Å². The highest BCUT2D eigenvalue weighted by molar-refractivity contribution is 7.99. The number of benzene rings is 2. The third kappa shape index (κ3) is 5.10. The first kappa shape index (κ1) is 15.9. The zero-order valence-electron chi connectivity index (χ0n) is 11.9. The molecule has 0 aromatic heterocycles. The molecule has 0 aliphatic heterocycles. The van der Waals surface area contributed by atoms with E-state index < -0.39 is 0 Å². The highest BCUT2D eigenvalue weighted by Crippen LogP contribution is 2.26. The van der Waals surface area contributed by atoms with Crippen LogP contribution in [0.15, 0.2) is 59.5 Å². The fourth-order valence-electron chi connectivity index (χ4n) is 1.95. The summed E-state index contributed by atoms with van der Waals surface area (Å²) in [5, 5.41) is 3.75. The molecule has 1 amide bonds. The predicted molar refractivity (Wildman–Crippen MR) is 89.8 cm³/mol. The Morgan fingerprint density at radius 1 is 1.14 bits per heavy atom. The summed E-state index contributed by atoms with van der Waals surface area (Å²) >= 11 is 7.69. The van der Waals surface area contributed by atoms with Gasteiger partial charge in [0.15, 0.2) is 0 Å². The lowest BCUT2D eigenvalue weighted by atomic mass is 10.1. The molecule has 0 saturated carbocycles. The van der Waals surface area contributed by atoms with E-state index in [0.717, 1.165) is 21.2 Å². The summed E-state index contributed by atoms with van der Waals surface area (Å²) < 4.78 is 0. The van der Waals surface area contributed by atoms with E-state index in [1.165, 1.54) is 0 Å². The van der Waals surface area contributed by atoms with Crippen molar-refractivity contribution >= 4 is 29.3 Å². The number of carbonyl (C=O) groups excluding carboxylic acids is 1. The van der Waals surface area contributed by atoms with Crippen molar-refractivity contribution in [2.24, 2.45) is 0 Å². The van der Waals surface area contributed by atoms with Gasteiger partial charge in [-0.2, -0.15) is 0 Å². The van der Waals surface area contributed by atoms with Crippen molar-refractivity contribution in [3.8, 4) is 0 Å². The van der Waals surface area contributed by atoms with Gasteiger partial charge in [0.25, 0.3) is 0 Å². The number of amides is 1. The second kappa shape index (κ2) is 8.11. The molecule has 110 valence electrons. The van der Waals surface area contributed by atoms with Crippen LogP contribution in [0.5, 0.6) is 0 Å². The van der Waals surface area contributed by atoms with Crippen LogP contribution in [0.2, 0.25) is 5.02 Å². The van der Waals surface area contributed by atoms with Gasteiger partial charge in [0.05, 0.1) is 11.1 Å². The molecule has 2 nitrogen and oxygen atoms in total. The van der Waals surface area contributed by atoms with E-state index in [4.69, 9.17) is 11.6 Å². The molecule has 1 atom stereocenters. The van der Waals surface area contributed by atoms with Crippen LogP contribution in [-0.2, 0) is 4.79 Å². The number of hydrogen-bond donors (Lipinski definition) is 1. The summed E-state index contributed by atoms with van der Waals surface area (Å²) in [5.41, 5.74) is 1.12. The van der Waals surface area contributed by atoms with E-state index in [1.807, 2.05) is 61.5 Å². The molecular weight excluding hydrogens is 302 g/mol. The van der Waals surface area contributed by atoms with Crippen molar-refractivity contribution in [1.82, 2.24) is 5.32 Å². The molecule has 2 aromatic carbocycles. The minimum Gasteiger partial charge on any atom is -0.350 e. The van der Waals surface area contributed by atoms with Crippen LogP contribution in [0.3, 0.4) is 0 Å². The normalized spacial score (nSPS) is 11.9. The lowest BCUT2D eigenvalue weighted by Crippen LogP contribution is -2.26. The van der Waals surface area contributed by atoms with Crippen LogP contribution < -0.4 is 5.32 Å². The Bertz CT molecular complexity index is 588. The van der Waals surface area contributed by atoms with Gasteiger partial charge in [-0.15, -0.1) is 11.8 Å². The molecule has 0 heterocycles. The molecule has 0 radical (unpaired) electrons. The summed E-state index contributed by atoms with van der Waals surface area (Å²) in [6, 6.07) is 17.7. The van der Waals surface area contributed by atoms with Crippen LogP contribution in [0.1, 0.15) is 24.9 Å². The predicted octanol–water partition coefficient (Wildman–Crippen LogP) is 4.70.